The van der Waals surface area contributed by atoms with Crippen LogP contribution in [0.25, 0.3) is 0 Å². The van der Waals surface area contributed by atoms with Gasteiger partial charge in [0.05, 0.1) is 6.16 Å². The van der Waals surface area contributed by atoms with Crippen LogP contribution in [0.1, 0.15) is 62.8 Å². The molecule has 0 aliphatic rings. The number of phenols is 1. The largest absolute Gasteiger partial charge is 0.508 e. The second kappa shape index (κ2) is 9.93. The lowest BCUT2D eigenvalue weighted by atomic mass is 10.0. The molecule has 0 aliphatic carbocycles. The highest BCUT2D eigenvalue weighted by molar-refractivity contribution is 7.50. The monoisotopic (exact) mass is 394 g/mol. The van der Waals surface area contributed by atoms with Crippen LogP contribution in [0.15, 0.2) is 30.3 Å². The Morgan fingerprint density at radius 3 is 2.26 bits per heavy atom. The molecular formula is C21H31O5P. The Labute approximate surface area is 162 Å². The molecule has 0 aliphatic heterocycles. The number of ether oxygens (including phenoxy) is 1. The lowest BCUT2D eigenvalue weighted by molar-refractivity contribution is 0.371. The Morgan fingerprint density at radius 1 is 1.11 bits per heavy atom. The van der Waals surface area contributed by atoms with Gasteiger partial charge >= 0.3 is 7.60 Å². The van der Waals surface area contributed by atoms with Crippen LogP contribution < -0.4 is 4.74 Å². The number of benzene rings is 2. The first kappa shape index (κ1) is 23.2. The fraction of sp³-hybridized carbons (Fsp3) is 0.429. The SMILES string of the molecule is CC.CCc1cc(CP(=O)(O)O)cc(C)c1Oc1ccc(O)c(C(C)C)c1. The van der Waals surface area contributed by atoms with Crippen LogP contribution >= 0.6 is 7.60 Å². The summed E-state index contributed by atoms with van der Waals surface area (Å²) in [5.41, 5.74) is 3.12. The molecule has 0 amide bonds. The Balaban J connectivity index is 0.00000176. The quantitative estimate of drug-likeness (QED) is 0.532. The Kier molecular flexibility index (Phi) is 8.55. The maximum absolute atomic E-state index is 11.3. The number of hydrogen-bond acceptors (Lipinski definition) is 3. The maximum atomic E-state index is 11.3. The molecule has 2 aromatic carbocycles. The number of aromatic hydroxyl groups is 1. The Bertz CT molecular complexity index is 808. The van der Waals surface area contributed by atoms with Gasteiger partial charge in [-0.1, -0.05) is 46.8 Å². The minimum atomic E-state index is -4.11. The van der Waals surface area contributed by atoms with E-state index in [0.717, 1.165) is 16.7 Å². The summed E-state index contributed by atoms with van der Waals surface area (Å²) >= 11 is 0. The average molecular weight is 394 g/mol. The lowest BCUT2D eigenvalue weighted by Crippen LogP contribution is -1.98. The van der Waals surface area contributed by atoms with Gasteiger partial charge in [0.2, 0.25) is 0 Å². The van der Waals surface area contributed by atoms with Gasteiger partial charge in [-0.15, -0.1) is 0 Å². The predicted molar refractivity (Wildman–Crippen MR) is 110 cm³/mol. The molecule has 2 aromatic rings. The molecule has 2 rings (SSSR count). The van der Waals surface area contributed by atoms with Crippen molar-refractivity contribution in [2.45, 2.75) is 60.0 Å². The van der Waals surface area contributed by atoms with Gasteiger partial charge < -0.3 is 19.6 Å². The fourth-order valence-corrected chi connectivity index (χ4v) is 3.50. The maximum Gasteiger partial charge on any atom is 0.329 e. The highest BCUT2D eigenvalue weighted by Gasteiger charge is 2.17. The van der Waals surface area contributed by atoms with Crippen LogP contribution in [0.5, 0.6) is 17.2 Å². The van der Waals surface area contributed by atoms with E-state index in [0.29, 0.717) is 23.5 Å². The van der Waals surface area contributed by atoms with Gasteiger partial charge in [-0.2, -0.15) is 0 Å². The normalized spacial score (nSPS) is 11.1. The summed E-state index contributed by atoms with van der Waals surface area (Å²) in [6, 6.07) is 8.68. The summed E-state index contributed by atoms with van der Waals surface area (Å²) in [5, 5.41) is 9.94. The molecule has 6 heteroatoms. The van der Waals surface area contributed by atoms with Crippen molar-refractivity contribution >= 4 is 7.60 Å². The van der Waals surface area contributed by atoms with Crippen LogP contribution in [0.2, 0.25) is 0 Å². The summed E-state index contributed by atoms with van der Waals surface area (Å²) < 4.78 is 17.3. The van der Waals surface area contributed by atoms with Crippen molar-refractivity contribution in [2.75, 3.05) is 0 Å². The van der Waals surface area contributed by atoms with E-state index < -0.39 is 7.60 Å². The standard InChI is InChI=1S/C19H25O5P.C2H6/c1-5-15-9-14(11-25(21,22)23)8-13(4)19(15)24-16-6-7-18(20)17(10-16)12(2)3;1-2/h6-10,12,20H,5,11H2,1-4H3,(H2,21,22,23);1-2H3. The van der Waals surface area contributed by atoms with Gasteiger partial charge in [0.15, 0.2) is 0 Å². The van der Waals surface area contributed by atoms with E-state index >= 15 is 0 Å². The zero-order valence-electron chi connectivity index (χ0n) is 17.0. The van der Waals surface area contributed by atoms with E-state index in [1.54, 1.807) is 24.3 Å². The molecule has 3 N–H and O–H groups in total. The Hall–Kier alpha value is -1.81. The van der Waals surface area contributed by atoms with Crippen molar-refractivity contribution in [2.24, 2.45) is 0 Å². The van der Waals surface area contributed by atoms with Crippen molar-refractivity contribution in [3.05, 3.63) is 52.6 Å². The van der Waals surface area contributed by atoms with Crippen LogP contribution in [0.4, 0.5) is 0 Å². The van der Waals surface area contributed by atoms with Gasteiger partial charge in [0, 0.05) is 5.56 Å². The van der Waals surface area contributed by atoms with Gasteiger partial charge in [-0.3, -0.25) is 4.57 Å². The van der Waals surface area contributed by atoms with Gasteiger partial charge in [-0.05, 0) is 54.2 Å². The first-order valence-electron chi connectivity index (χ1n) is 9.28. The minimum absolute atomic E-state index is 0.168. The molecule has 0 spiro atoms. The average Bonchev–Trinajstić information content (AvgIpc) is 2.58. The molecule has 0 radical (unpaired) electrons. The molecule has 0 saturated heterocycles. The van der Waals surface area contributed by atoms with Crippen LogP contribution in [0.3, 0.4) is 0 Å². The van der Waals surface area contributed by atoms with E-state index in [9.17, 15) is 19.5 Å². The highest BCUT2D eigenvalue weighted by atomic mass is 31.2. The fourth-order valence-electron chi connectivity index (χ4n) is 2.84. The summed E-state index contributed by atoms with van der Waals surface area (Å²) in [6.45, 7) is 11.8. The van der Waals surface area contributed by atoms with Gasteiger partial charge in [0.1, 0.15) is 17.2 Å². The summed E-state index contributed by atoms with van der Waals surface area (Å²) in [7, 11) is -4.11. The van der Waals surface area contributed by atoms with Crippen molar-refractivity contribution in [1.29, 1.82) is 0 Å². The molecule has 0 bridgehead atoms. The zero-order valence-corrected chi connectivity index (χ0v) is 17.9. The second-order valence-electron chi connectivity index (χ2n) is 6.55. The van der Waals surface area contributed by atoms with E-state index in [4.69, 9.17) is 4.74 Å². The zero-order chi connectivity index (χ0) is 20.8. The van der Waals surface area contributed by atoms with Gasteiger partial charge in [0.25, 0.3) is 0 Å². The molecule has 0 fully saturated rings. The third kappa shape index (κ3) is 6.69. The number of phenolic OH excluding ortho intramolecular Hbond substituents is 1. The molecule has 0 saturated carbocycles. The molecule has 0 unspecified atom stereocenters. The first-order valence-corrected chi connectivity index (χ1v) is 11.1. The third-order valence-corrected chi connectivity index (χ3v) is 4.80. The minimum Gasteiger partial charge on any atom is -0.508 e. The molecule has 0 aromatic heterocycles. The summed E-state index contributed by atoms with van der Waals surface area (Å²) in [5.74, 6) is 1.73. The van der Waals surface area contributed by atoms with E-state index in [1.807, 2.05) is 47.6 Å². The lowest BCUT2D eigenvalue weighted by Gasteiger charge is -2.17. The molecule has 27 heavy (non-hydrogen) atoms. The van der Waals surface area contributed by atoms with Crippen LogP contribution in [0, 0.1) is 6.92 Å². The Morgan fingerprint density at radius 2 is 1.74 bits per heavy atom. The van der Waals surface area contributed by atoms with E-state index in [2.05, 4.69) is 0 Å². The van der Waals surface area contributed by atoms with Crippen molar-refractivity contribution in [3.8, 4) is 17.2 Å². The third-order valence-electron chi connectivity index (χ3n) is 4.02. The van der Waals surface area contributed by atoms with E-state index in [-0.39, 0.29) is 17.8 Å². The molecule has 5 nitrogen and oxygen atoms in total. The van der Waals surface area contributed by atoms with Crippen molar-refractivity contribution in [1.82, 2.24) is 0 Å². The van der Waals surface area contributed by atoms with Crippen molar-refractivity contribution < 1.29 is 24.2 Å². The van der Waals surface area contributed by atoms with Crippen LogP contribution in [-0.4, -0.2) is 14.9 Å². The number of rotatable bonds is 6. The number of hydrogen-bond donors (Lipinski definition) is 3. The smallest absolute Gasteiger partial charge is 0.329 e. The molecule has 0 atom stereocenters. The topological polar surface area (TPSA) is 87.0 Å². The molecule has 150 valence electrons. The van der Waals surface area contributed by atoms with E-state index in [1.165, 1.54) is 0 Å². The molecule has 0 heterocycles. The molecular weight excluding hydrogens is 363 g/mol. The highest BCUT2D eigenvalue weighted by Crippen LogP contribution is 2.41. The number of aryl methyl sites for hydroxylation is 2. The second-order valence-corrected chi connectivity index (χ2v) is 8.20. The van der Waals surface area contributed by atoms with Crippen LogP contribution in [-0.2, 0) is 17.1 Å². The van der Waals surface area contributed by atoms with Crippen molar-refractivity contribution in [3.63, 3.8) is 0 Å². The summed E-state index contributed by atoms with van der Waals surface area (Å²) in [6.07, 6.45) is 0.401. The predicted octanol–water partition coefficient (Wildman–Crippen LogP) is 5.88. The summed E-state index contributed by atoms with van der Waals surface area (Å²) in [4.78, 5) is 18.4. The van der Waals surface area contributed by atoms with Gasteiger partial charge in [-0.25, -0.2) is 0 Å². The first-order chi connectivity index (χ1) is 12.6.